The molecule has 0 aromatic heterocycles. The number of carboxylic acid groups (broad SMARTS) is 1. The zero-order valence-corrected chi connectivity index (χ0v) is 16.5. The third-order valence-corrected chi connectivity index (χ3v) is 4.71. The summed E-state index contributed by atoms with van der Waals surface area (Å²) < 4.78 is 0. The van der Waals surface area contributed by atoms with E-state index >= 15 is 0 Å². The Morgan fingerprint density at radius 2 is 1.68 bits per heavy atom. The van der Waals surface area contributed by atoms with Gasteiger partial charge in [-0.2, -0.15) is 0 Å². The number of hydrogen-bond donors (Lipinski definition) is 1. The maximum atomic E-state index is 10.7. The Bertz CT molecular complexity index is 677. The fraction of sp³-hybridized carbons (Fsp3) is 0.435. The fourth-order valence-corrected chi connectivity index (χ4v) is 3.02. The van der Waals surface area contributed by atoms with E-state index in [2.05, 4.69) is 45.9 Å². The number of rotatable bonds is 6. The molecule has 0 aromatic rings. The molecule has 0 atom stereocenters. The van der Waals surface area contributed by atoms with Crippen LogP contribution in [0, 0.1) is 5.41 Å². The second-order valence-electron chi connectivity index (χ2n) is 7.60. The van der Waals surface area contributed by atoms with E-state index in [0.29, 0.717) is 5.57 Å². The van der Waals surface area contributed by atoms with E-state index in [-0.39, 0.29) is 5.41 Å². The van der Waals surface area contributed by atoms with Crippen LogP contribution >= 0.6 is 0 Å². The minimum atomic E-state index is -0.885. The number of aliphatic carboxylic acids is 1. The molecule has 0 amide bonds. The van der Waals surface area contributed by atoms with E-state index in [1.165, 1.54) is 36.0 Å². The molecule has 2 heteroatoms. The van der Waals surface area contributed by atoms with Gasteiger partial charge in [-0.1, -0.05) is 73.1 Å². The van der Waals surface area contributed by atoms with Gasteiger partial charge in [-0.15, -0.1) is 0 Å². The summed E-state index contributed by atoms with van der Waals surface area (Å²) in [6.07, 6.45) is 17.7. The Balaban J connectivity index is 2.77. The molecule has 0 heterocycles. The van der Waals surface area contributed by atoms with Crippen LogP contribution in [0.1, 0.15) is 60.8 Å². The Labute approximate surface area is 153 Å². The van der Waals surface area contributed by atoms with Gasteiger partial charge in [0.1, 0.15) is 0 Å². The van der Waals surface area contributed by atoms with Crippen molar-refractivity contribution in [3.05, 3.63) is 70.4 Å². The van der Waals surface area contributed by atoms with Gasteiger partial charge in [-0.25, -0.2) is 4.79 Å². The lowest BCUT2D eigenvalue weighted by atomic mass is 9.72. The van der Waals surface area contributed by atoms with Crippen molar-refractivity contribution in [1.29, 1.82) is 0 Å². The number of allylic oxidation sites excluding steroid dienone is 11. The maximum Gasteiger partial charge on any atom is 0.331 e. The maximum absolute atomic E-state index is 10.7. The van der Waals surface area contributed by atoms with Crippen molar-refractivity contribution in [2.24, 2.45) is 5.41 Å². The minimum absolute atomic E-state index is 0.266. The normalized spacial score (nSPS) is 20.0. The van der Waals surface area contributed by atoms with Gasteiger partial charge in [0.25, 0.3) is 0 Å². The molecular weight excluding hydrogens is 308 g/mol. The predicted molar refractivity (Wildman–Crippen MR) is 108 cm³/mol. The Kier molecular flexibility index (Phi) is 7.89. The summed E-state index contributed by atoms with van der Waals surface area (Å²) in [5, 5.41) is 8.83. The van der Waals surface area contributed by atoms with Crippen LogP contribution in [0.4, 0.5) is 0 Å². The highest BCUT2D eigenvalue weighted by Gasteiger charge is 2.26. The Morgan fingerprint density at radius 3 is 2.28 bits per heavy atom. The molecule has 1 N–H and O–H groups in total. The van der Waals surface area contributed by atoms with Crippen molar-refractivity contribution in [1.82, 2.24) is 0 Å². The van der Waals surface area contributed by atoms with E-state index < -0.39 is 5.97 Å². The average molecular weight is 341 g/mol. The van der Waals surface area contributed by atoms with Crippen LogP contribution in [-0.4, -0.2) is 11.1 Å². The van der Waals surface area contributed by atoms with E-state index in [1.54, 1.807) is 13.0 Å². The van der Waals surface area contributed by atoms with Crippen molar-refractivity contribution in [3.63, 3.8) is 0 Å². The lowest BCUT2D eigenvalue weighted by Crippen LogP contribution is -2.19. The minimum Gasteiger partial charge on any atom is -0.478 e. The summed E-state index contributed by atoms with van der Waals surface area (Å²) in [5.74, 6) is -0.885. The van der Waals surface area contributed by atoms with Crippen molar-refractivity contribution in [2.75, 3.05) is 0 Å². The van der Waals surface area contributed by atoms with Crippen molar-refractivity contribution < 1.29 is 9.90 Å². The molecule has 2 nitrogen and oxygen atoms in total. The third kappa shape index (κ3) is 7.13. The monoisotopic (exact) mass is 340 g/mol. The SMILES string of the molecule is CC1=C(/C=C/C(C)=C/C=C/C(C)=C/C=C(\C)C(=O)O)C(C)(C)CCC1. The summed E-state index contributed by atoms with van der Waals surface area (Å²) in [6.45, 7) is 12.6. The fourth-order valence-electron chi connectivity index (χ4n) is 3.02. The molecule has 0 saturated heterocycles. The van der Waals surface area contributed by atoms with Crippen LogP contribution in [-0.2, 0) is 4.79 Å². The molecule has 0 aromatic carbocycles. The van der Waals surface area contributed by atoms with Gasteiger partial charge in [0.2, 0.25) is 0 Å². The third-order valence-electron chi connectivity index (χ3n) is 4.71. The lowest BCUT2D eigenvalue weighted by molar-refractivity contribution is -0.132. The van der Waals surface area contributed by atoms with Crippen LogP contribution in [0.15, 0.2) is 70.4 Å². The van der Waals surface area contributed by atoms with Crippen molar-refractivity contribution in [3.8, 4) is 0 Å². The van der Waals surface area contributed by atoms with Crippen LogP contribution in [0.25, 0.3) is 0 Å². The zero-order valence-electron chi connectivity index (χ0n) is 16.5. The smallest absolute Gasteiger partial charge is 0.331 e. The van der Waals surface area contributed by atoms with Gasteiger partial charge >= 0.3 is 5.97 Å². The first kappa shape index (κ1) is 21.0. The highest BCUT2D eigenvalue weighted by Crippen LogP contribution is 2.40. The van der Waals surface area contributed by atoms with Crippen LogP contribution in [0.5, 0.6) is 0 Å². The first-order chi connectivity index (χ1) is 11.6. The summed E-state index contributed by atoms with van der Waals surface area (Å²) in [5.41, 5.74) is 5.79. The molecule has 0 fully saturated rings. The highest BCUT2D eigenvalue weighted by atomic mass is 16.4. The Hall–Kier alpha value is -2.09. The molecule has 25 heavy (non-hydrogen) atoms. The quantitative estimate of drug-likeness (QED) is 0.440. The van der Waals surface area contributed by atoms with Gasteiger partial charge < -0.3 is 5.11 Å². The summed E-state index contributed by atoms with van der Waals surface area (Å²) in [7, 11) is 0. The van der Waals surface area contributed by atoms with Gasteiger partial charge in [-0.05, 0) is 57.9 Å². The number of carbonyl (C=O) groups is 1. The number of carboxylic acids is 1. The second kappa shape index (κ2) is 9.41. The lowest BCUT2D eigenvalue weighted by Gasteiger charge is -2.32. The van der Waals surface area contributed by atoms with E-state index in [0.717, 1.165) is 5.57 Å². The first-order valence-electron chi connectivity index (χ1n) is 8.95. The standard InChI is InChI=1S/C23H32O2/c1-17(12-14-20(4)22(24)25)9-7-10-18(2)13-15-21-19(3)11-8-16-23(21,5)6/h7,9-10,12-15H,8,11,16H2,1-6H3,(H,24,25)/b9-7+,15-13+,17-12+,18-10+,20-14+. The predicted octanol–water partition coefficient (Wildman–Crippen LogP) is 6.55. The first-order valence-corrected chi connectivity index (χ1v) is 8.95. The molecule has 0 unspecified atom stereocenters. The van der Waals surface area contributed by atoms with E-state index in [4.69, 9.17) is 5.11 Å². The average Bonchev–Trinajstić information content (AvgIpc) is 2.51. The molecule has 0 saturated carbocycles. The molecule has 0 radical (unpaired) electrons. The van der Waals surface area contributed by atoms with Crippen molar-refractivity contribution >= 4 is 5.97 Å². The van der Waals surface area contributed by atoms with E-state index in [1.807, 2.05) is 25.2 Å². The number of hydrogen-bond acceptors (Lipinski definition) is 1. The molecule has 136 valence electrons. The topological polar surface area (TPSA) is 37.3 Å². The van der Waals surface area contributed by atoms with Gasteiger partial charge in [-0.3, -0.25) is 0 Å². The van der Waals surface area contributed by atoms with E-state index in [9.17, 15) is 4.79 Å². The van der Waals surface area contributed by atoms with Crippen LogP contribution in [0.3, 0.4) is 0 Å². The van der Waals surface area contributed by atoms with Crippen molar-refractivity contribution in [2.45, 2.75) is 60.8 Å². The molecule has 1 aliphatic carbocycles. The molecular formula is C23H32O2. The molecule has 0 bridgehead atoms. The highest BCUT2D eigenvalue weighted by molar-refractivity contribution is 5.86. The molecule has 0 aliphatic heterocycles. The molecule has 1 rings (SSSR count). The molecule has 0 spiro atoms. The second-order valence-corrected chi connectivity index (χ2v) is 7.60. The summed E-state index contributed by atoms with van der Waals surface area (Å²) in [6, 6.07) is 0. The largest absolute Gasteiger partial charge is 0.478 e. The Morgan fingerprint density at radius 1 is 1.04 bits per heavy atom. The van der Waals surface area contributed by atoms with Gasteiger partial charge in [0, 0.05) is 5.57 Å². The summed E-state index contributed by atoms with van der Waals surface area (Å²) in [4.78, 5) is 10.7. The van der Waals surface area contributed by atoms with Gasteiger partial charge in [0.05, 0.1) is 0 Å². The molecule has 1 aliphatic rings. The van der Waals surface area contributed by atoms with Crippen LogP contribution in [0.2, 0.25) is 0 Å². The van der Waals surface area contributed by atoms with Gasteiger partial charge in [0.15, 0.2) is 0 Å². The van der Waals surface area contributed by atoms with Crippen LogP contribution < -0.4 is 0 Å². The summed E-state index contributed by atoms with van der Waals surface area (Å²) >= 11 is 0. The zero-order chi connectivity index (χ0) is 19.0.